The molecule has 1 saturated carbocycles. The number of benzene rings is 2. The van der Waals surface area contributed by atoms with Crippen molar-refractivity contribution in [1.29, 1.82) is 0 Å². The van der Waals surface area contributed by atoms with Crippen molar-refractivity contribution in [3.05, 3.63) is 58.7 Å². The molecule has 2 aromatic carbocycles. The Bertz CT molecular complexity index is 1110. The van der Waals surface area contributed by atoms with Crippen molar-refractivity contribution >= 4 is 46.0 Å². The minimum atomic E-state index is -5.07. The number of alkyl halides is 12. The van der Waals surface area contributed by atoms with Crippen LogP contribution in [0.2, 0.25) is 0 Å². The van der Waals surface area contributed by atoms with E-state index in [-0.39, 0.29) is 22.4 Å². The van der Waals surface area contributed by atoms with Crippen LogP contribution in [0, 0.1) is 0 Å². The van der Waals surface area contributed by atoms with Gasteiger partial charge in [-0.15, -0.1) is 0 Å². The van der Waals surface area contributed by atoms with E-state index in [1.807, 2.05) is 0 Å². The molecule has 0 aliphatic heterocycles. The van der Waals surface area contributed by atoms with Gasteiger partial charge >= 0.3 is 24.7 Å². The standard InChI is InChI=1S/C22H16F12N4S2/c23-19(24,25)9-3-10(20(26,27)28)6-13(5-9)35-17(39)37-15-1-2-16(15)38-18(40)36-14-7-11(21(29,30)31)4-12(8-14)22(32,33)34/h3-8,15-16H,1-2H2,(H2,35,37,39)(H2,36,38,40)/t15-,16-/m1/s1. The lowest BCUT2D eigenvalue weighted by molar-refractivity contribution is -0.144. The third-order valence-electron chi connectivity index (χ3n) is 5.60. The Balaban J connectivity index is 1.65. The van der Waals surface area contributed by atoms with Crippen LogP contribution in [0.5, 0.6) is 0 Å². The highest BCUT2D eigenvalue weighted by molar-refractivity contribution is 7.80. The fourth-order valence-electron chi connectivity index (χ4n) is 3.57. The first-order valence-electron chi connectivity index (χ1n) is 10.9. The number of hydrogen-bond acceptors (Lipinski definition) is 2. The summed E-state index contributed by atoms with van der Waals surface area (Å²) >= 11 is 9.96. The van der Waals surface area contributed by atoms with E-state index in [2.05, 4.69) is 21.3 Å². The van der Waals surface area contributed by atoms with E-state index in [1.54, 1.807) is 0 Å². The van der Waals surface area contributed by atoms with E-state index >= 15 is 0 Å². The summed E-state index contributed by atoms with van der Waals surface area (Å²) in [4.78, 5) is 0. The minimum absolute atomic E-state index is 0.0520. The third-order valence-corrected chi connectivity index (χ3v) is 6.04. The first kappa shape index (κ1) is 31.5. The second kappa shape index (κ2) is 11.1. The van der Waals surface area contributed by atoms with E-state index in [0.29, 0.717) is 37.1 Å². The topological polar surface area (TPSA) is 48.1 Å². The van der Waals surface area contributed by atoms with E-state index in [9.17, 15) is 52.7 Å². The van der Waals surface area contributed by atoms with Crippen molar-refractivity contribution in [2.24, 2.45) is 0 Å². The Morgan fingerprint density at radius 2 is 0.750 bits per heavy atom. The van der Waals surface area contributed by atoms with Crippen molar-refractivity contribution < 1.29 is 52.7 Å². The van der Waals surface area contributed by atoms with Crippen LogP contribution in [0.15, 0.2) is 36.4 Å². The molecule has 2 atom stereocenters. The van der Waals surface area contributed by atoms with Crippen molar-refractivity contribution in [2.45, 2.75) is 49.6 Å². The monoisotopic (exact) mass is 628 g/mol. The van der Waals surface area contributed by atoms with Crippen LogP contribution in [0.25, 0.3) is 0 Å². The summed E-state index contributed by atoms with van der Waals surface area (Å²) in [5.41, 5.74) is -7.42. The molecule has 2 aromatic rings. The summed E-state index contributed by atoms with van der Waals surface area (Å²) in [6, 6.07) is 0.463. The molecule has 4 nitrogen and oxygen atoms in total. The number of nitrogens with one attached hydrogen (secondary N) is 4. The van der Waals surface area contributed by atoms with Crippen LogP contribution in [0.4, 0.5) is 64.1 Å². The van der Waals surface area contributed by atoms with Gasteiger partial charge in [0, 0.05) is 23.5 Å². The van der Waals surface area contributed by atoms with E-state index < -0.39 is 70.4 Å². The second-order valence-corrected chi connectivity index (χ2v) is 9.39. The number of halogens is 12. The first-order valence-corrected chi connectivity index (χ1v) is 11.7. The van der Waals surface area contributed by atoms with Gasteiger partial charge in [0.25, 0.3) is 0 Å². The Kier molecular flexibility index (Phi) is 8.74. The molecule has 1 fully saturated rings. The Morgan fingerprint density at radius 1 is 0.500 bits per heavy atom. The summed E-state index contributed by atoms with van der Waals surface area (Å²) in [5, 5.41) is 9.17. The number of hydrogen-bond donors (Lipinski definition) is 4. The predicted molar refractivity (Wildman–Crippen MR) is 128 cm³/mol. The predicted octanol–water partition coefficient (Wildman–Crippen LogP) is 7.57. The molecular weight excluding hydrogens is 612 g/mol. The molecule has 1 aliphatic carbocycles. The van der Waals surface area contributed by atoms with Gasteiger partial charge in [0.15, 0.2) is 10.2 Å². The summed E-state index contributed by atoms with van der Waals surface area (Å²) in [5.74, 6) is 0. The normalized spacial score (nSPS) is 18.0. The van der Waals surface area contributed by atoms with Gasteiger partial charge in [-0.2, -0.15) is 52.7 Å². The molecule has 0 aromatic heterocycles. The van der Waals surface area contributed by atoms with Crippen LogP contribution in [0.3, 0.4) is 0 Å². The zero-order chi connectivity index (χ0) is 30.3. The quantitative estimate of drug-likeness (QED) is 0.207. The van der Waals surface area contributed by atoms with Gasteiger partial charge in [0.2, 0.25) is 0 Å². The van der Waals surface area contributed by atoms with Gasteiger partial charge in [-0.3, -0.25) is 0 Å². The Labute approximate surface area is 228 Å². The largest absolute Gasteiger partial charge is 0.416 e. The lowest BCUT2D eigenvalue weighted by Crippen LogP contribution is -2.59. The molecule has 0 amide bonds. The maximum Gasteiger partial charge on any atom is 0.416 e. The van der Waals surface area contributed by atoms with Gasteiger partial charge < -0.3 is 21.3 Å². The molecule has 3 rings (SSSR count). The summed E-state index contributed by atoms with van der Waals surface area (Å²) < 4.78 is 157. The van der Waals surface area contributed by atoms with Gasteiger partial charge in [0.05, 0.1) is 22.3 Å². The van der Waals surface area contributed by atoms with Crippen molar-refractivity contribution in [3.8, 4) is 0 Å². The maximum atomic E-state index is 13.1. The van der Waals surface area contributed by atoms with Crippen LogP contribution >= 0.6 is 24.4 Å². The average Bonchev–Trinajstić information content (AvgIpc) is 2.77. The molecule has 40 heavy (non-hydrogen) atoms. The fourth-order valence-corrected chi connectivity index (χ4v) is 4.11. The minimum Gasteiger partial charge on any atom is -0.358 e. The molecule has 1 aliphatic rings. The highest BCUT2D eigenvalue weighted by Gasteiger charge is 2.39. The Morgan fingerprint density at radius 3 is 0.950 bits per heavy atom. The zero-order valence-corrected chi connectivity index (χ0v) is 21.0. The van der Waals surface area contributed by atoms with Crippen LogP contribution in [-0.4, -0.2) is 22.3 Å². The number of thiocarbonyl (C=S) groups is 2. The zero-order valence-electron chi connectivity index (χ0n) is 19.4. The molecule has 18 heteroatoms. The van der Waals surface area contributed by atoms with Gasteiger partial charge in [-0.05, 0) is 73.7 Å². The smallest absolute Gasteiger partial charge is 0.358 e. The van der Waals surface area contributed by atoms with Gasteiger partial charge in [-0.25, -0.2) is 0 Å². The van der Waals surface area contributed by atoms with Crippen LogP contribution in [0.1, 0.15) is 35.1 Å². The molecule has 0 unspecified atom stereocenters. The van der Waals surface area contributed by atoms with E-state index in [4.69, 9.17) is 24.4 Å². The fraction of sp³-hybridized carbons (Fsp3) is 0.364. The van der Waals surface area contributed by atoms with Crippen molar-refractivity contribution in [2.75, 3.05) is 10.6 Å². The third kappa shape index (κ3) is 8.25. The van der Waals surface area contributed by atoms with Crippen LogP contribution < -0.4 is 21.3 Å². The molecule has 0 saturated heterocycles. The van der Waals surface area contributed by atoms with Crippen molar-refractivity contribution in [3.63, 3.8) is 0 Å². The van der Waals surface area contributed by atoms with E-state index in [0.717, 1.165) is 0 Å². The first-order chi connectivity index (χ1) is 18.1. The van der Waals surface area contributed by atoms with Crippen molar-refractivity contribution in [1.82, 2.24) is 10.6 Å². The molecule has 0 bridgehead atoms. The van der Waals surface area contributed by atoms with Gasteiger partial charge in [0.1, 0.15) is 0 Å². The summed E-state index contributed by atoms with van der Waals surface area (Å²) in [6.45, 7) is 0. The second-order valence-electron chi connectivity index (χ2n) is 8.58. The number of anilines is 2. The summed E-state index contributed by atoms with van der Waals surface area (Å²) in [7, 11) is 0. The van der Waals surface area contributed by atoms with Gasteiger partial charge in [-0.1, -0.05) is 0 Å². The van der Waals surface area contributed by atoms with Crippen LogP contribution in [-0.2, 0) is 24.7 Å². The SMILES string of the molecule is FC(F)(F)c1cc(NC(=S)N[C@@H]2CC[C@H]2NC(=S)Nc2cc(C(F)(F)F)cc(C(F)(F)F)c2)cc(C(F)(F)F)c1. The summed E-state index contributed by atoms with van der Waals surface area (Å²) in [6.07, 6.45) is -19.5. The Hall–Kier alpha value is -3.02. The lowest BCUT2D eigenvalue weighted by atomic mass is 9.86. The average molecular weight is 629 g/mol. The maximum absolute atomic E-state index is 13.1. The molecule has 0 radical (unpaired) electrons. The number of rotatable bonds is 4. The highest BCUT2D eigenvalue weighted by Crippen LogP contribution is 2.39. The molecule has 220 valence electrons. The highest BCUT2D eigenvalue weighted by atomic mass is 32.1. The lowest BCUT2D eigenvalue weighted by Gasteiger charge is -2.39. The molecule has 0 spiro atoms. The molecule has 4 N–H and O–H groups in total. The molecule has 0 heterocycles. The molecular formula is C22H16F12N4S2. The van der Waals surface area contributed by atoms with E-state index in [1.165, 1.54) is 0 Å².